The number of piperidine rings is 1. The van der Waals surface area contributed by atoms with E-state index in [1.807, 2.05) is 0 Å². The van der Waals surface area contributed by atoms with Crippen molar-refractivity contribution in [2.24, 2.45) is 0 Å². The van der Waals surface area contributed by atoms with Crippen molar-refractivity contribution < 1.29 is 4.79 Å². The summed E-state index contributed by atoms with van der Waals surface area (Å²) in [7, 11) is 3.86. The van der Waals surface area contributed by atoms with E-state index < -0.39 is 0 Å². The van der Waals surface area contributed by atoms with Gasteiger partial charge >= 0.3 is 0 Å². The number of rotatable bonds is 5. The Hall–Kier alpha value is -0.610. The largest absolute Gasteiger partial charge is 0.359 e. The molecule has 0 unspecified atom stereocenters. The van der Waals surface area contributed by atoms with Crippen molar-refractivity contribution in [3.63, 3.8) is 0 Å². The Balaban J connectivity index is 2.11. The van der Waals surface area contributed by atoms with Crippen LogP contribution in [0.2, 0.25) is 0 Å². The molecule has 1 rings (SSSR count). The molecule has 88 valence electrons. The summed E-state index contributed by atoms with van der Waals surface area (Å²) in [6.07, 6.45) is 4.07. The van der Waals surface area contributed by atoms with E-state index in [-0.39, 0.29) is 5.91 Å². The first-order valence-corrected chi connectivity index (χ1v) is 5.85. The first-order chi connectivity index (χ1) is 7.24. The van der Waals surface area contributed by atoms with Crippen LogP contribution in [0.15, 0.2) is 0 Å². The van der Waals surface area contributed by atoms with Crippen LogP contribution in [0.3, 0.4) is 0 Å². The second-order valence-corrected chi connectivity index (χ2v) is 4.24. The molecule has 0 atom stereocenters. The van der Waals surface area contributed by atoms with Crippen molar-refractivity contribution in [1.82, 2.24) is 15.5 Å². The molecule has 1 aliphatic rings. The average molecular weight is 213 g/mol. The predicted molar refractivity (Wildman–Crippen MR) is 61.8 cm³/mol. The molecule has 1 amide bonds. The highest BCUT2D eigenvalue weighted by atomic mass is 16.1. The molecule has 0 aromatic heterocycles. The van der Waals surface area contributed by atoms with Gasteiger partial charge in [-0.15, -0.1) is 0 Å². The fourth-order valence-electron chi connectivity index (χ4n) is 2.04. The van der Waals surface area contributed by atoms with Crippen molar-refractivity contribution in [3.05, 3.63) is 0 Å². The van der Waals surface area contributed by atoms with E-state index in [1.165, 1.54) is 12.8 Å². The van der Waals surface area contributed by atoms with Crippen LogP contribution in [0.5, 0.6) is 0 Å². The lowest BCUT2D eigenvalue weighted by atomic mass is 10.1. The normalized spacial score (nSPS) is 18.1. The molecule has 1 fully saturated rings. The molecule has 4 nitrogen and oxygen atoms in total. The monoisotopic (exact) mass is 213 g/mol. The van der Waals surface area contributed by atoms with E-state index in [1.54, 1.807) is 7.05 Å². The molecule has 1 saturated heterocycles. The van der Waals surface area contributed by atoms with Gasteiger partial charge in [-0.05, 0) is 45.9 Å². The number of amides is 1. The summed E-state index contributed by atoms with van der Waals surface area (Å²) in [6.45, 7) is 3.28. The van der Waals surface area contributed by atoms with Crippen molar-refractivity contribution in [2.75, 3.05) is 33.7 Å². The standard InChI is InChI=1S/C11H23N3O/c1-12-11(15)4-3-9-14(2)10-5-7-13-8-6-10/h10,13H,3-9H2,1-2H3,(H,12,15). The minimum atomic E-state index is 0.147. The first kappa shape index (κ1) is 12.5. The van der Waals surface area contributed by atoms with Crippen molar-refractivity contribution in [3.8, 4) is 0 Å². The highest BCUT2D eigenvalue weighted by Crippen LogP contribution is 2.10. The molecule has 2 N–H and O–H groups in total. The van der Waals surface area contributed by atoms with Gasteiger partial charge in [0.15, 0.2) is 0 Å². The van der Waals surface area contributed by atoms with Crippen molar-refractivity contribution >= 4 is 5.91 Å². The maximum absolute atomic E-state index is 11.0. The van der Waals surface area contributed by atoms with Crippen LogP contribution in [-0.4, -0.2) is 50.6 Å². The number of hydrogen-bond donors (Lipinski definition) is 2. The predicted octanol–water partition coefficient (Wildman–Crippen LogP) is 0.196. The maximum atomic E-state index is 11.0. The molecule has 15 heavy (non-hydrogen) atoms. The van der Waals surface area contributed by atoms with E-state index in [9.17, 15) is 4.79 Å². The number of carbonyl (C=O) groups excluding carboxylic acids is 1. The van der Waals surface area contributed by atoms with E-state index in [4.69, 9.17) is 0 Å². The van der Waals surface area contributed by atoms with Crippen LogP contribution in [0.4, 0.5) is 0 Å². The summed E-state index contributed by atoms with van der Waals surface area (Å²) in [5, 5.41) is 6.01. The van der Waals surface area contributed by atoms with Gasteiger partial charge in [0, 0.05) is 19.5 Å². The van der Waals surface area contributed by atoms with Crippen LogP contribution < -0.4 is 10.6 Å². The lowest BCUT2D eigenvalue weighted by Gasteiger charge is -2.31. The van der Waals surface area contributed by atoms with Crippen molar-refractivity contribution in [2.45, 2.75) is 31.7 Å². The Labute approximate surface area is 92.4 Å². The van der Waals surface area contributed by atoms with Gasteiger partial charge in [0.05, 0.1) is 0 Å². The SMILES string of the molecule is CNC(=O)CCCN(C)C1CCNCC1. The molecule has 0 saturated carbocycles. The number of nitrogens with one attached hydrogen (secondary N) is 2. The van der Waals surface area contributed by atoms with Gasteiger partial charge < -0.3 is 15.5 Å². The first-order valence-electron chi connectivity index (χ1n) is 5.85. The van der Waals surface area contributed by atoms with Crippen LogP contribution in [0, 0.1) is 0 Å². The van der Waals surface area contributed by atoms with Gasteiger partial charge in [-0.25, -0.2) is 0 Å². The van der Waals surface area contributed by atoms with Gasteiger partial charge in [-0.3, -0.25) is 4.79 Å². The zero-order chi connectivity index (χ0) is 11.1. The molecular formula is C11H23N3O. The van der Waals surface area contributed by atoms with Gasteiger partial charge in [-0.1, -0.05) is 0 Å². The van der Waals surface area contributed by atoms with Gasteiger partial charge in [-0.2, -0.15) is 0 Å². The maximum Gasteiger partial charge on any atom is 0.219 e. The highest BCUT2D eigenvalue weighted by molar-refractivity contribution is 5.75. The summed E-state index contributed by atoms with van der Waals surface area (Å²) in [6, 6.07) is 0.705. The molecule has 0 aromatic carbocycles. The third-order valence-electron chi connectivity index (χ3n) is 3.13. The zero-order valence-electron chi connectivity index (χ0n) is 9.88. The molecular weight excluding hydrogens is 190 g/mol. The summed E-state index contributed by atoms with van der Waals surface area (Å²) in [5.74, 6) is 0.147. The van der Waals surface area contributed by atoms with Gasteiger partial charge in [0.2, 0.25) is 5.91 Å². The Morgan fingerprint density at radius 1 is 1.47 bits per heavy atom. The summed E-state index contributed by atoms with van der Waals surface area (Å²) in [4.78, 5) is 13.4. The van der Waals surface area contributed by atoms with E-state index in [2.05, 4.69) is 22.6 Å². The third-order valence-corrected chi connectivity index (χ3v) is 3.13. The molecule has 4 heteroatoms. The van der Waals surface area contributed by atoms with Crippen LogP contribution in [-0.2, 0) is 4.79 Å². The zero-order valence-corrected chi connectivity index (χ0v) is 9.88. The Kier molecular flexibility index (Phi) is 5.65. The Bertz CT molecular complexity index is 190. The van der Waals surface area contributed by atoms with Crippen molar-refractivity contribution in [1.29, 1.82) is 0 Å². The lowest BCUT2D eigenvalue weighted by molar-refractivity contribution is -0.120. The number of nitrogens with zero attached hydrogens (tertiary/aromatic N) is 1. The van der Waals surface area contributed by atoms with Crippen LogP contribution in [0.25, 0.3) is 0 Å². The highest BCUT2D eigenvalue weighted by Gasteiger charge is 2.17. The molecule has 0 aliphatic carbocycles. The summed E-state index contributed by atoms with van der Waals surface area (Å²) < 4.78 is 0. The third kappa shape index (κ3) is 4.62. The fraction of sp³-hybridized carbons (Fsp3) is 0.909. The fourth-order valence-corrected chi connectivity index (χ4v) is 2.04. The number of carbonyl (C=O) groups is 1. The quantitative estimate of drug-likeness (QED) is 0.685. The second kappa shape index (κ2) is 6.80. The molecule has 0 radical (unpaired) electrons. The Morgan fingerprint density at radius 2 is 2.13 bits per heavy atom. The van der Waals surface area contributed by atoms with Gasteiger partial charge in [0.25, 0.3) is 0 Å². The molecule has 1 heterocycles. The molecule has 0 aromatic rings. The van der Waals surface area contributed by atoms with Crippen LogP contribution in [0.1, 0.15) is 25.7 Å². The molecule has 1 aliphatic heterocycles. The molecule has 0 bridgehead atoms. The minimum absolute atomic E-state index is 0.147. The summed E-state index contributed by atoms with van der Waals surface area (Å²) >= 11 is 0. The van der Waals surface area contributed by atoms with E-state index in [0.717, 1.165) is 26.1 Å². The average Bonchev–Trinajstić information content (AvgIpc) is 2.29. The van der Waals surface area contributed by atoms with E-state index >= 15 is 0 Å². The minimum Gasteiger partial charge on any atom is -0.359 e. The summed E-state index contributed by atoms with van der Waals surface area (Å²) in [5.41, 5.74) is 0. The van der Waals surface area contributed by atoms with Gasteiger partial charge in [0.1, 0.15) is 0 Å². The van der Waals surface area contributed by atoms with E-state index in [0.29, 0.717) is 12.5 Å². The second-order valence-electron chi connectivity index (χ2n) is 4.24. The van der Waals surface area contributed by atoms with Crippen LogP contribution >= 0.6 is 0 Å². The molecule has 0 spiro atoms. The Morgan fingerprint density at radius 3 is 2.73 bits per heavy atom. The smallest absolute Gasteiger partial charge is 0.219 e. The lowest BCUT2D eigenvalue weighted by Crippen LogP contribution is -2.41. The number of hydrogen-bond acceptors (Lipinski definition) is 3. The topological polar surface area (TPSA) is 44.4 Å².